The van der Waals surface area contributed by atoms with E-state index < -0.39 is 0 Å². The molecule has 5 nitrogen and oxygen atoms in total. The largest absolute Gasteiger partial charge is 0.497 e. The fourth-order valence-electron chi connectivity index (χ4n) is 1.70. The van der Waals surface area contributed by atoms with Gasteiger partial charge in [0.15, 0.2) is 0 Å². The van der Waals surface area contributed by atoms with E-state index in [1.54, 1.807) is 37.6 Å². The molecule has 2 amide bonds. The van der Waals surface area contributed by atoms with E-state index in [0.717, 1.165) is 11.3 Å². The maximum absolute atomic E-state index is 11.7. The predicted octanol–water partition coefficient (Wildman–Crippen LogP) is 3.72. The SMILES string of the molecule is COc1ccc(/C=C/NC(=O)Nc2ccc(N)c(Cl)c2)cc1. The fourth-order valence-corrected chi connectivity index (χ4v) is 1.88. The number of urea groups is 1. The second-order valence-corrected chi connectivity index (χ2v) is 4.85. The minimum atomic E-state index is -0.370. The zero-order valence-electron chi connectivity index (χ0n) is 12.0. The molecule has 2 aromatic carbocycles. The quantitative estimate of drug-likeness (QED) is 0.752. The van der Waals surface area contributed by atoms with Crippen LogP contribution in [0.4, 0.5) is 16.2 Å². The number of nitrogens with one attached hydrogen (secondary N) is 2. The molecule has 0 saturated carbocycles. The zero-order valence-corrected chi connectivity index (χ0v) is 12.7. The van der Waals surface area contributed by atoms with E-state index in [2.05, 4.69) is 10.6 Å². The molecule has 0 aliphatic heterocycles. The molecule has 0 unspecified atom stereocenters. The summed E-state index contributed by atoms with van der Waals surface area (Å²) in [5.41, 5.74) is 7.57. The van der Waals surface area contributed by atoms with Gasteiger partial charge in [-0.25, -0.2) is 4.79 Å². The minimum absolute atomic E-state index is 0.370. The first-order valence-electron chi connectivity index (χ1n) is 6.51. The van der Waals surface area contributed by atoms with Crippen molar-refractivity contribution in [3.05, 3.63) is 59.3 Å². The Hall–Kier alpha value is -2.66. The molecular formula is C16H16ClN3O2. The normalized spacial score (nSPS) is 10.5. The van der Waals surface area contributed by atoms with Crippen molar-refractivity contribution in [2.24, 2.45) is 0 Å². The van der Waals surface area contributed by atoms with Crippen molar-refractivity contribution in [3.8, 4) is 5.75 Å². The first-order valence-corrected chi connectivity index (χ1v) is 6.89. The van der Waals surface area contributed by atoms with Gasteiger partial charge < -0.3 is 21.1 Å². The van der Waals surface area contributed by atoms with E-state index in [1.807, 2.05) is 24.3 Å². The van der Waals surface area contributed by atoms with Gasteiger partial charge in [0, 0.05) is 11.9 Å². The second-order valence-electron chi connectivity index (χ2n) is 4.44. The molecule has 0 atom stereocenters. The summed E-state index contributed by atoms with van der Waals surface area (Å²) in [5.74, 6) is 0.781. The number of nitrogens with two attached hydrogens (primary N) is 1. The number of hydrogen-bond donors (Lipinski definition) is 3. The van der Waals surface area contributed by atoms with Crippen molar-refractivity contribution >= 4 is 35.1 Å². The third-order valence-electron chi connectivity index (χ3n) is 2.86. The van der Waals surface area contributed by atoms with E-state index in [-0.39, 0.29) is 6.03 Å². The molecule has 114 valence electrons. The van der Waals surface area contributed by atoms with Gasteiger partial charge in [-0.15, -0.1) is 0 Å². The maximum atomic E-state index is 11.7. The molecular weight excluding hydrogens is 302 g/mol. The Balaban J connectivity index is 1.88. The topological polar surface area (TPSA) is 76.4 Å². The third kappa shape index (κ3) is 4.43. The van der Waals surface area contributed by atoms with Crippen molar-refractivity contribution in [1.82, 2.24) is 5.32 Å². The Morgan fingerprint density at radius 1 is 1.23 bits per heavy atom. The molecule has 2 rings (SSSR count). The highest BCUT2D eigenvalue weighted by Crippen LogP contribution is 2.22. The summed E-state index contributed by atoms with van der Waals surface area (Å²) in [6.07, 6.45) is 3.32. The predicted molar refractivity (Wildman–Crippen MR) is 90.0 cm³/mol. The molecule has 0 heterocycles. The van der Waals surface area contributed by atoms with Crippen LogP contribution in [-0.2, 0) is 0 Å². The Labute approximate surface area is 133 Å². The Kier molecular flexibility index (Phi) is 5.27. The van der Waals surface area contributed by atoms with Gasteiger partial charge in [0.05, 0.1) is 17.8 Å². The molecule has 0 spiro atoms. The lowest BCUT2D eigenvalue weighted by Gasteiger charge is -2.06. The highest BCUT2D eigenvalue weighted by atomic mass is 35.5. The highest BCUT2D eigenvalue weighted by Gasteiger charge is 2.02. The number of hydrogen-bond acceptors (Lipinski definition) is 3. The number of halogens is 1. The Morgan fingerprint density at radius 2 is 1.95 bits per heavy atom. The van der Waals surface area contributed by atoms with Crippen molar-refractivity contribution in [2.45, 2.75) is 0 Å². The smallest absolute Gasteiger partial charge is 0.323 e. The van der Waals surface area contributed by atoms with Gasteiger partial charge >= 0.3 is 6.03 Å². The second kappa shape index (κ2) is 7.38. The average Bonchev–Trinajstić information content (AvgIpc) is 2.51. The number of ether oxygens (including phenoxy) is 1. The van der Waals surface area contributed by atoms with Gasteiger partial charge in [-0.1, -0.05) is 23.7 Å². The van der Waals surface area contributed by atoms with E-state index >= 15 is 0 Å². The summed E-state index contributed by atoms with van der Waals surface area (Å²) < 4.78 is 5.07. The molecule has 0 radical (unpaired) electrons. The lowest BCUT2D eigenvalue weighted by molar-refractivity contribution is 0.255. The molecule has 6 heteroatoms. The van der Waals surface area contributed by atoms with Crippen LogP contribution in [0, 0.1) is 0 Å². The first-order chi connectivity index (χ1) is 10.6. The number of rotatable bonds is 4. The lowest BCUT2D eigenvalue weighted by Crippen LogP contribution is -2.23. The van der Waals surface area contributed by atoms with Gasteiger partial charge in [0.1, 0.15) is 5.75 Å². The molecule has 0 aliphatic rings. The molecule has 0 aliphatic carbocycles. The number of carbonyl (C=O) groups is 1. The summed E-state index contributed by atoms with van der Waals surface area (Å²) in [6, 6.07) is 12.0. The number of carbonyl (C=O) groups excluding carboxylic acids is 1. The van der Waals surface area contributed by atoms with Crippen molar-refractivity contribution in [1.29, 1.82) is 0 Å². The first kappa shape index (κ1) is 15.7. The number of methoxy groups -OCH3 is 1. The van der Waals surface area contributed by atoms with Gasteiger partial charge in [-0.05, 0) is 42.0 Å². The molecule has 0 saturated heterocycles. The molecule has 0 bridgehead atoms. The number of benzene rings is 2. The van der Waals surface area contributed by atoms with Crippen LogP contribution in [0.25, 0.3) is 6.08 Å². The van der Waals surface area contributed by atoms with Crippen LogP contribution in [0.1, 0.15) is 5.56 Å². The van der Waals surface area contributed by atoms with Crippen LogP contribution in [-0.4, -0.2) is 13.1 Å². The van der Waals surface area contributed by atoms with Crippen LogP contribution in [0.15, 0.2) is 48.7 Å². The van der Waals surface area contributed by atoms with E-state index in [1.165, 1.54) is 0 Å². The van der Waals surface area contributed by atoms with Crippen molar-refractivity contribution in [2.75, 3.05) is 18.2 Å². The van der Waals surface area contributed by atoms with Crippen molar-refractivity contribution < 1.29 is 9.53 Å². The summed E-state index contributed by atoms with van der Waals surface area (Å²) in [5, 5.41) is 5.65. The van der Waals surface area contributed by atoms with E-state index in [9.17, 15) is 4.79 Å². The van der Waals surface area contributed by atoms with Crippen LogP contribution >= 0.6 is 11.6 Å². The summed E-state index contributed by atoms with van der Waals surface area (Å²) in [4.78, 5) is 11.7. The molecule has 0 aromatic heterocycles. The summed E-state index contributed by atoms with van der Waals surface area (Å²) in [6.45, 7) is 0. The molecule has 2 aromatic rings. The molecule has 22 heavy (non-hydrogen) atoms. The maximum Gasteiger partial charge on any atom is 0.323 e. The number of anilines is 2. The lowest BCUT2D eigenvalue weighted by atomic mass is 10.2. The standard InChI is InChI=1S/C16H16ClN3O2/c1-22-13-5-2-11(3-6-13)8-9-19-16(21)20-12-4-7-15(18)14(17)10-12/h2-10H,18H2,1H3,(H2,19,20,21)/b9-8+. The Morgan fingerprint density at radius 3 is 2.59 bits per heavy atom. The van der Waals surface area contributed by atoms with Gasteiger partial charge in [0.25, 0.3) is 0 Å². The molecule has 4 N–H and O–H groups in total. The number of amides is 2. The minimum Gasteiger partial charge on any atom is -0.497 e. The van der Waals surface area contributed by atoms with Crippen LogP contribution < -0.4 is 21.1 Å². The van der Waals surface area contributed by atoms with Crippen LogP contribution in [0.3, 0.4) is 0 Å². The monoisotopic (exact) mass is 317 g/mol. The van der Waals surface area contributed by atoms with Crippen LogP contribution in [0.2, 0.25) is 5.02 Å². The van der Waals surface area contributed by atoms with Gasteiger partial charge in [0.2, 0.25) is 0 Å². The molecule has 0 fully saturated rings. The Bertz CT molecular complexity index is 684. The third-order valence-corrected chi connectivity index (χ3v) is 3.19. The highest BCUT2D eigenvalue weighted by molar-refractivity contribution is 6.33. The fraction of sp³-hybridized carbons (Fsp3) is 0.0625. The summed E-state index contributed by atoms with van der Waals surface area (Å²) in [7, 11) is 1.61. The zero-order chi connectivity index (χ0) is 15.9. The van der Waals surface area contributed by atoms with E-state index in [4.69, 9.17) is 22.1 Å². The average molecular weight is 318 g/mol. The van der Waals surface area contributed by atoms with Crippen molar-refractivity contribution in [3.63, 3.8) is 0 Å². The van der Waals surface area contributed by atoms with Gasteiger partial charge in [-0.2, -0.15) is 0 Å². The summed E-state index contributed by atoms with van der Waals surface area (Å²) >= 11 is 5.89. The van der Waals surface area contributed by atoms with E-state index in [0.29, 0.717) is 16.4 Å². The van der Waals surface area contributed by atoms with Crippen LogP contribution in [0.5, 0.6) is 5.75 Å². The number of nitrogen functional groups attached to an aromatic ring is 1. The van der Waals surface area contributed by atoms with Gasteiger partial charge in [-0.3, -0.25) is 0 Å².